The predicted molar refractivity (Wildman–Crippen MR) is 113 cm³/mol. The Bertz CT molecular complexity index is 1090. The molecule has 1 aliphatic heterocycles. The maximum atomic E-state index is 12.8. The highest BCUT2D eigenvalue weighted by Crippen LogP contribution is 2.31. The third-order valence-corrected chi connectivity index (χ3v) is 5.64. The predicted octanol–water partition coefficient (Wildman–Crippen LogP) is 3.50. The molecule has 0 spiro atoms. The molecule has 2 aliphatic rings. The highest BCUT2D eigenvalue weighted by atomic mass is 19.3. The van der Waals surface area contributed by atoms with E-state index in [2.05, 4.69) is 15.2 Å². The molecule has 3 heterocycles. The molecule has 2 aromatic heterocycles. The Balaban J connectivity index is 1.31. The number of nitrogens with one attached hydrogen (secondary N) is 1. The van der Waals surface area contributed by atoms with E-state index in [1.165, 1.54) is 24.3 Å². The number of carbonyl (C=O) groups excluding carboxylic acids is 1. The van der Waals surface area contributed by atoms with Gasteiger partial charge in [-0.05, 0) is 31.0 Å². The average Bonchev–Trinajstić information content (AvgIpc) is 3.62. The fraction of sp³-hybridized carbons (Fsp3) is 0.364. The first-order valence-electron chi connectivity index (χ1n) is 10.4. The van der Waals surface area contributed by atoms with Gasteiger partial charge < -0.3 is 15.1 Å². The van der Waals surface area contributed by atoms with Crippen LogP contribution in [0.15, 0.2) is 42.7 Å². The molecule has 0 unspecified atom stereocenters. The molecule has 1 aliphatic carbocycles. The van der Waals surface area contributed by atoms with E-state index in [1.54, 1.807) is 17.3 Å². The Kier molecular flexibility index (Phi) is 5.09. The number of piperazine rings is 1. The zero-order chi connectivity index (χ0) is 21.4. The van der Waals surface area contributed by atoms with Crippen molar-refractivity contribution in [1.82, 2.24) is 19.9 Å². The van der Waals surface area contributed by atoms with E-state index in [1.807, 2.05) is 6.07 Å². The zero-order valence-electron chi connectivity index (χ0n) is 16.8. The molecule has 1 aromatic carbocycles. The monoisotopic (exact) mass is 424 g/mol. The van der Waals surface area contributed by atoms with Gasteiger partial charge in [0.25, 0.3) is 12.3 Å². The van der Waals surface area contributed by atoms with E-state index < -0.39 is 6.43 Å². The lowest BCUT2D eigenvalue weighted by molar-refractivity contribution is 0.0746. The van der Waals surface area contributed by atoms with Gasteiger partial charge in [0.15, 0.2) is 11.6 Å². The minimum atomic E-state index is -2.54. The quantitative estimate of drug-likeness (QED) is 0.676. The standard InChI is InChI=1S/C22H22F2N6O/c23-19(24)14-1-3-15(4-2-14)22(31)30-11-9-29(10-12-30)21-20(26-16-5-6-16)27-17-7-8-25-13-18(17)28-21/h1-4,7-8,13,16,19H,5-6,9-12H2,(H,26,27). The summed E-state index contributed by atoms with van der Waals surface area (Å²) in [6, 6.07) is 7.84. The number of halogens is 2. The summed E-state index contributed by atoms with van der Waals surface area (Å²) < 4.78 is 25.5. The van der Waals surface area contributed by atoms with Gasteiger partial charge in [-0.25, -0.2) is 18.7 Å². The highest BCUT2D eigenvalue weighted by molar-refractivity contribution is 5.94. The van der Waals surface area contributed by atoms with Gasteiger partial charge in [-0.2, -0.15) is 0 Å². The van der Waals surface area contributed by atoms with E-state index in [0.29, 0.717) is 37.8 Å². The lowest BCUT2D eigenvalue weighted by Crippen LogP contribution is -2.49. The van der Waals surface area contributed by atoms with Crippen molar-refractivity contribution >= 4 is 28.6 Å². The lowest BCUT2D eigenvalue weighted by Gasteiger charge is -2.36. The summed E-state index contributed by atoms with van der Waals surface area (Å²) >= 11 is 0. The average molecular weight is 424 g/mol. The number of nitrogens with zero attached hydrogens (tertiary/aromatic N) is 5. The molecule has 0 bridgehead atoms. The molecule has 1 amide bonds. The number of amides is 1. The van der Waals surface area contributed by atoms with Crippen LogP contribution in [-0.2, 0) is 0 Å². The van der Waals surface area contributed by atoms with Crippen molar-refractivity contribution in [3.8, 4) is 0 Å². The van der Waals surface area contributed by atoms with Gasteiger partial charge in [-0.15, -0.1) is 0 Å². The molecule has 31 heavy (non-hydrogen) atoms. The van der Waals surface area contributed by atoms with E-state index in [-0.39, 0.29) is 11.5 Å². The fourth-order valence-electron chi connectivity index (χ4n) is 3.71. The van der Waals surface area contributed by atoms with Crippen LogP contribution in [0.1, 0.15) is 35.2 Å². The first kappa shape index (κ1) is 19.6. The molecule has 0 atom stereocenters. The largest absolute Gasteiger partial charge is 0.364 e. The second-order valence-corrected chi connectivity index (χ2v) is 7.88. The van der Waals surface area contributed by atoms with Gasteiger partial charge in [-0.1, -0.05) is 12.1 Å². The van der Waals surface area contributed by atoms with E-state index in [9.17, 15) is 13.6 Å². The summed E-state index contributed by atoms with van der Waals surface area (Å²) in [5.74, 6) is 1.40. The zero-order valence-corrected chi connectivity index (χ0v) is 16.8. The topological polar surface area (TPSA) is 74.2 Å². The minimum Gasteiger partial charge on any atom is -0.364 e. The second-order valence-electron chi connectivity index (χ2n) is 7.88. The molecule has 1 saturated heterocycles. The maximum Gasteiger partial charge on any atom is 0.263 e. The maximum absolute atomic E-state index is 12.8. The third kappa shape index (κ3) is 4.12. The number of pyridine rings is 1. The molecule has 5 rings (SSSR count). The van der Waals surface area contributed by atoms with Gasteiger partial charge in [0, 0.05) is 49.5 Å². The van der Waals surface area contributed by atoms with Crippen molar-refractivity contribution in [1.29, 1.82) is 0 Å². The fourth-order valence-corrected chi connectivity index (χ4v) is 3.71. The molecule has 7 nitrogen and oxygen atoms in total. The number of fused-ring (bicyclic) bond motifs is 1. The Labute approximate surface area is 178 Å². The number of hydrogen-bond acceptors (Lipinski definition) is 6. The lowest BCUT2D eigenvalue weighted by atomic mass is 10.1. The number of alkyl halides is 2. The third-order valence-electron chi connectivity index (χ3n) is 5.64. The van der Waals surface area contributed by atoms with Gasteiger partial charge in [0.2, 0.25) is 0 Å². The number of hydrogen-bond donors (Lipinski definition) is 1. The first-order valence-corrected chi connectivity index (χ1v) is 10.4. The van der Waals surface area contributed by atoms with Crippen LogP contribution < -0.4 is 10.2 Å². The van der Waals surface area contributed by atoms with E-state index in [4.69, 9.17) is 9.97 Å². The minimum absolute atomic E-state index is 0.0820. The van der Waals surface area contributed by atoms with Crippen LogP contribution in [-0.4, -0.2) is 58.0 Å². The molecule has 160 valence electrons. The molecular formula is C22H22F2N6O. The van der Waals surface area contributed by atoms with Crippen LogP contribution in [0.25, 0.3) is 11.0 Å². The van der Waals surface area contributed by atoms with Crippen molar-refractivity contribution in [2.45, 2.75) is 25.3 Å². The van der Waals surface area contributed by atoms with Crippen LogP contribution >= 0.6 is 0 Å². The van der Waals surface area contributed by atoms with Gasteiger partial charge in [0.05, 0.1) is 11.7 Å². The second kappa shape index (κ2) is 8.05. The van der Waals surface area contributed by atoms with Gasteiger partial charge in [0.1, 0.15) is 5.52 Å². The molecule has 1 N–H and O–H groups in total. The molecule has 3 aromatic rings. The molecule has 0 radical (unpaired) electrons. The van der Waals surface area contributed by atoms with E-state index >= 15 is 0 Å². The van der Waals surface area contributed by atoms with Crippen LogP contribution in [0.5, 0.6) is 0 Å². The number of rotatable bonds is 5. The Morgan fingerprint density at radius 2 is 1.74 bits per heavy atom. The summed E-state index contributed by atoms with van der Waals surface area (Å²) in [7, 11) is 0. The van der Waals surface area contributed by atoms with Crippen LogP contribution in [0.4, 0.5) is 20.4 Å². The van der Waals surface area contributed by atoms with Crippen LogP contribution in [0.2, 0.25) is 0 Å². The molecule has 1 saturated carbocycles. The summed E-state index contributed by atoms with van der Waals surface area (Å²) in [6.45, 7) is 2.26. The Hall–Kier alpha value is -3.36. The van der Waals surface area contributed by atoms with Crippen molar-refractivity contribution in [3.05, 3.63) is 53.9 Å². The molecular weight excluding hydrogens is 402 g/mol. The van der Waals surface area contributed by atoms with Crippen molar-refractivity contribution in [2.24, 2.45) is 0 Å². The smallest absolute Gasteiger partial charge is 0.263 e. The summed E-state index contributed by atoms with van der Waals surface area (Å²) in [4.78, 5) is 30.4. The van der Waals surface area contributed by atoms with Crippen molar-refractivity contribution < 1.29 is 13.6 Å². The number of carbonyl (C=O) groups is 1. The molecule has 2 fully saturated rings. The van der Waals surface area contributed by atoms with E-state index in [0.717, 1.165) is 35.5 Å². The van der Waals surface area contributed by atoms with Crippen molar-refractivity contribution in [2.75, 3.05) is 36.4 Å². The van der Waals surface area contributed by atoms with Crippen LogP contribution in [0, 0.1) is 0 Å². The van der Waals surface area contributed by atoms with Gasteiger partial charge in [-0.3, -0.25) is 9.78 Å². The van der Waals surface area contributed by atoms with Crippen molar-refractivity contribution in [3.63, 3.8) is 0 Å². The number of anilines is 2. The normalized spacial score (nSPS) is 16.7. The summed E-state index contributed by atoms with van der Waals surface area (Å²) in [5, 5.41) is 3.47. The number of aromatic nitrogens is 3. The molecule has 9 heteroatoms. The Morgan fingerprint density at radius 1 is 1.00 bits per heavy atom. The van der Waals surface area contributed by atoms with Gasteiger partial charge >= 0.3 is 0 Å². The van der Waals surface area contributed by atoms with Crippen LogP contribution in [0.3, 0.4) is 0 Å². The SMILES string of the molecule is O=C(c1ccc(C(F)F)cc1)N1CCN(c2nc3cnccc3nc2NC2CC2)CC1. The summed E-state index contributed by atoms with van der Waals surface area (Å²) in [5.41, 5.74) is 1.87. The Morgan fingerprint density at radius 3 is 2.42 bits per heavy atom. The first-order chi connectivity index (χ1) is 15.1. The highest BCUT2D eigenvalue weighted by Gasteiger charge is 2.28. The summed E-state index contributed by atoms with van der Waals surface area (Å²) in [6.07, 6.45) is 3.12. The number of benzene rings is 1.